The van der Waals surface area contributed by atoms with E-state index in [4.69, 9.17) is 21.3 Å². The van der Waals surface area contributed by atoms with Gasteiger partial charge in [0.2, 0.25) is 0 Å². The first kappa shape index (κ1) is 38.5. The molecule has 4 rings (SSSR count). The van der Waals surface area contributed by atoms with E-state index in [0.717, 1.165) is 74.8 Å². The molecule has 5 heteroatoms. The minimum absolute atomic E-state index is 0. The number of methoxy groups -OCH3 is 1. The lowest BCUT2D eigenvalue weighted by atomic mass is 9.48. The molecule has 4 fully saturated rings. The van der Waals surface area contributed by atoms with Gasteiger partial charge in [-0.25, -0.2) is 0 Å². The fraction of sp³-hybridized carbons (Fsp3) is 0.941. The predicted octanol–water partition coefficient (Wildman–Crippen LogP) is 7.58. The van der Waals surface area contributed by atoms with E-state index in [2.05, 4.69) is 41.2 Å². The van der Waals surface area contributed by atoms with Crippen molar-refractivity contribution in [3.63, 3.8) is 0 Å². The molecule has 5 nitrogen and oxygen atoms in total. The van der Waals surface area contributed by atoms with E-state index in [9.17, 15) is 5.11 Å². The normalized spacial score (nSPS) is 36.1. The quantitative estimate of drug-likeness (QED) is 0.261. The molecule has 0 unspecified atom stereocenters. The Kier molecular flexibility index (Phi) is 19.4. The van der Waals surface area contributed by atoms with E-state index in [1.165, 1.54) is 56.9 Å². The zero-order chi connectivity index (χ0) is 30.2. The number of aliphatic hydroxyl groups is 2. The summed E-state index contributed by atoms with van der Waals surface area (Å²) < 4.78 is 5.33. The van der Waals surface area contributed by atoms with Crippen molar-refractivity contribution in [1.29, 1.82) is 0 Å². The first-order valence-corrected chi connectivity index (χ1v) is 16.3. The Labute approximate surface area is 245 Å². The number of aliphatic hydroxyl groups excluding tert-OH is 1. The molecule has 39 heavy (non-hydrogen) atoms. The van der Waals surface area contributed by atoms with Crippen LogP contribution in [0.1, 0.15) is 127 Å². The van der Waals surface area contributed by atoms with Crippen molar-refractivity contribution >= 4 is 0 Å². The van der Waals surface area contributed by atoms with Crippen molar-refractivity contribution in [1.82, 2.24) is 0 Å². The van der Waals surface area contributed by atoms with Crippen LogP contribution in [-0.4, -0.2) is 49.2 Å². The Morgan fingerprint density at radius 3 is 2.00 bits per heavy atom. The third-order valence-corrected chi connectivity index (χ3v) is 9.75. The van der Waals surface area contributed by atoms with Gasteiger partial charge in [-0.05, 0) is 124 Å². The first-order chi connectivity index (χ1) is 18.5. The van der Waals surface area contributed by atoms with Gasteiger partial charge in [-0.2, -0.15) is 0 Å². The molecule has 0 aromatic heterocycles. The highest BCUT2D eigenvalue weighted by Gasteiger charge is 2.57. The zero-order valence-corrected chi connectivity index (χ0v) is 27.6. The standard InChI is InChI=1S/C24H40O2.2C3H9N.C3H8.CH4O.H2/c1-5-16(2)21-8-9-22-20-7-6-17-14-24(25,15-26-4)13-11-18(17)19(20)10-12-23(21,22)3;1-3(2)4;1-2-3-4;1-3-2;1-2;/h17-22,25H,2,5-15H2,1,3-4H3;3H,4H2,1-2H3;2-4H2,1H3;3H2,1-2H3;2H,1H3;1H/t17-,18-,19+,20+,21+,22-,23+,24+;;;;;/m0...../s1. The molecule has 0 bridgehead atoms. The van der Waals surface area contributed by atoms with E-state index < -0.39 is 5.60 Å². The Bertz CT molecular complexity index is 644. The monoisotopic (exact) mass is 557 g/mol. The molecular weight excluding hydrogens is 484 g/mol. The van der Waals surface area contributed by atoms with Gasteiger partial charge in [-0.1, -0.05) is 67.0 Å². The number of rotatable bonds is 5. The van der Waals surface area contributed by atoms with Crippen LogP contribution in [0.25, 0.3) is 0 Å². The first-order valence-electron chi connectivity index (χ1n) is 16.3. The average Bonchev–Trinajstić information content (AvgIpc) is 3.26. The lowest BCUT2D eigenvalue weighted by Gasteiger charge is -2.57. The maximum Gasteiger partial charge on any atom is 0.0882 e. The summed E-state index contributed by atoms with van der Waals surface area (Å²) in [7, 11) is 2.73. The molecule has 4 aliphatic rings. The molecule has 0 radical (unpaired) electrons. The minimum Gasteiger partial charge on any atom is -0.400 e. The van der Waals surface area contributed by atoms with Crippen LogP contribution in [0.15, 0.2) is 12.2 Å². The second-order valence-corrected chi connectivity index (χ2v) is 13.3. The summed E-state index contributed by atoms with van der Waals surface area (Å²) in [6.07, 6.45) is 15.1. The van der Waals surface area contributed by atoms with Crippen molar-refractivity contribution in [2.45, 2.75) is 137 Å². The van der Waals surface area contributed by atoms with Gasteiger partial charge in [0.15, 0.2) is 0 Å². The topological polar surface area (TPSA) is 102 Å². The molecule has 0 aliphatic heterocycles. The Balaban J connectivity index is 0. The molecular formula is C34H72N2O3. The van der Waals surface area contributed by atoms with Crippen molar-refractivity contribution in [2.75, 3.05) is 27.4 Å². The van der Waals surface area contributed by atoms with Crippen molar-refractivity contribution in [2.24, 2.45) is 52.4 Å². The molecule has 0 heterocycles. The lowest BCUT2D eigenvalue weighted by molar-refractivity contribution is -0.123. The third kappa shape index (κ3) is 11.0. The van der Waals surface area contributed by atoms with E-state index in [0.29, 0.717) is 18.1 Å². The van der Waals surface area contributed by atoms with Gasteiger partial charge >= 0.3 is 0 Å². The van der Waals surface area contributed by atoms with Gasteiger partial charge in [-0.15, -0.1) is 0 Å². The van der Waals surface area contributed by atoms with Gasteiger partial charge < -0.3 is 26.4 Å². The van der Waals surface area contributed by atoms with Crippen LogP contribution in [-0.2, 0) is 4.74 Å². The van der Waals surface area contributed by atoms with Gasteiger partial charge in [0.05, 0.1) is 12.2 Å². The molecule has 6 N–H and O–H groups in total. The number of hydrogen-bond donors (Lipinski definition) is 4. The van der Waals surface area contributed by atoms with Gasteiger partial charge in [0.1, 0.15) is 0 Å². The van der Waals surface area contributed by atoms with Crippen LogP contribution in [0.3, 0.4) is 0 Å². The molecule has 0 aromatic carbocycles. The van der Waals surface area contributed by atoms with Crippen LogP contribution in [0.4, 0.5) is 0 Å². The minimum atomic E-state index is -0.552. The molecule has 4 aliphatic carbocycles. The second kappa shape index (κ2) is 19.6. The average molecular weight is 557 g/mol. The number of allylic oxidation sites excluding steroid dienone is 1. The fourth-order valence-electron chi connectivity index (χ4n) is 8.28. The van der Waals surface area contributed by atoms with E-state index in [1.807, 2.05) is 13.8 Å². The summed E-state index contributed by atoms with van der Waals surface area (Å²) in [6.45, 7) is 20.9. The number of nitrogens with two attached hydrogens (primary N) is 2. The van der Waals surface area contributed by atoms with Crippen LogP contribution in [0, 0.1) is 40.9 Å². The van der Waals surface area contributed by atoms with Crippen molar-refractivity contribution in [3.8, 4) is 0 Å². The SMILES string of the molecule is C=C(CC)[C@H]1CC[C@H]2[C@@H]3CC[C@H]4C[C@@](O)(COC)CC[C@@H]4[C@H]3CC[C@]12C.CC(C)N.CCC.CCCN.CO.[HH]. The van der Waals surface area contributed by atoms with Crippen molar-refractivity contribution < 1.29 is 16.4 Å². The Hall–Kier alpha value is -0.460. The maximum absolute atomic E-state index is 10.9. The molecule has 0 amide bonds. The smallest absolute Gasteiger partial charge is 0.0882 e. The van der Waals surface area contributed by atoms with Crippen LogP contribution < -0.4 is 11.5 Å². The maximum atomic E-state index is 10.9. The van der Waals surface area contributed by atoms with E-state index in [-0.39, 0.29) is 1.43 Å². The number of ether oxygens (including phenoxy) is 1. The largest absolute Gasteiger partial charge is 0.400 e. The summed E-state index contributed by atoms with van der Waals surface area (Å²) in [6, 6.07) is 0.333. The van der Waals surface area contributed by atoms with E-state index in [1.54, 1.807) is 7.11 Å². The van der Waals surface area contributed by atoms with Crippen LogP contribution in [0.2, 0.25) is 0 Å². The Morgan fingerprint density at radius 2 is 1.51 bits per heavy atom. The molecule has 0 aromatic rings. The lowest BCUT2D eigenvalue weighted by Crippen LogP contribution is -2.52. The highest BCUT2D eigenvalue weighted by atomic mass is 16.5. The fourth-order valence-corrected chi connectivity index (χ4v) is 8.28. The summed E-state index contributed by atoms with van der Waals surface area (Å²) in [5, 5.41) is 17.9. The zero-order valence-electron chi connectivity index (χ0n) is 27.6. The Morgan fingerprint density at radius 1 is 0.974 bits per heavy atom. The second-order valence-electron chi connectivity index (χ2n) is 13.3. The molecule has 236 valence electrons. The highest BCUT2D eigenvalue weighted by molar-refractivity contribution is 5.15. The summed E-state index contributed by atoms with van der Waals surface area (Å²) in [5.41, 5.74) is 11.6. The number of hydrogen-bond acceptors (Lipinski definition) is 5. The van der Waals surface area contributed by atoms with Gasteiger partial charge in [-0.3, -0.25) is 0 Å². The highest BCUT2D eigenvalue weighted by Crippen LogP contribution is 2.65. The van der Waals surface area contributed by atoms with Crippen molar-refractivity contribution in [3.05, 3.63) is 12.2 Å². The molecule has 0 saturated heterocycles. The number of fused-ring (bicyclic) bond motifs is 5. The third-order valence-electron chi connectivity index (χ3n) is 9.75. The predicted molar refractivity (Wildman–Crippen MR) is 172 cm³/mol. The van der Waals surface area contributed by atoms with E-state index >= 15 is 0 Å². The summed E-state index contributed by atoms with van der Waals surface area (Å²) in [5.74, 6) is 5.16. The summed E-state index contributed by atoms with van der Waals surface area (Å²) >= 11 is 0. The molecule has 0 spiro atoms. The van der Waals surface area contributed by atoms with Crippen LogP contribution >= 0.6 is 0 Å². The van der Waals surface area contributed by atoms with Gasteiger partial charge in [0.25, 0.3) is 0 Å². The van der Waals surface area contributed by atoms with Gasteiger partial charge in [0, 0.05) is 15.6 Å². The van der Waals surface area contributed by atoms with Crippen LogP contribution in [0.5, 0.6) is 0 Å². The molecule has 8 atom stereocenters. The molecule has 4 saturated carbocycles. The summed E-state index contributed by atoms with van der Waals surface area (Å²) in [4.78, 5) is 0.